The van der Waals surface area contributed by atoms with E-state index >= 15 is 0 Å². The Balaban J connectivity index is 0.000000237. The maximum absolute atomic E-state index is 5.69. The smallest absolute Gasteiger partial charge is 0.504 e. The Hall–Kier alpha value is -1.34. The summed E-state index contributed by atoms with van der Waals surface area (Å²) in [5.41, 5.74) is 1.07. The number of rotatable bonds is 2. The molecule has 6 heteroatoms. The van der Waals surface area contributed by atoms with Crippen LogP contribution in [-0.2, 0) is 21.1 Å². The Morgan fingerprint density at radius 1 is 1.27 bits per heavy atom. The molecule has 3 unspecified atom stereocenters. The molecule has 0 saturated carbocycles. The summed E-state index contributed by atoms with van der Waals surface area (Å²) in [6.07, 6.45) is 6.17. The molecule has 2 aromatic rings. The topological polar surface area (TPSA) is 38.3 Å². The molecule has 2 fully saturated rings. The van der Waals surface area contributed by atoms with Gasteiger partial charge in [-0.2, -0.15) is 10.8 Å². The average molecular weight is 539 g/mol. The van der Waals surface area contributed by atoms with Crippen LogP contribution in [0.4, 0.5) is 0 Å². The molecule has 0 radical (unpaired) electrons. The third-order valence-corrected chi connectivity index (χ3v) is 4.40. The van der Waals surface area contributed by atoms with Gasteiger partial charge in [-0.25, -0.2) is 0 Å². The number of nitrogens with zero attached hydrogens (tertiary/aromatic N) is 3. The maximum atomic E-state index is 5.69. The third kappa shape index (κ3) is 7.11. The number of piperidine rings is 1. The molecule has 1 aromatic heterocycles. The van der Waals surface area contributed by atoms with Crippen molar-refractivity contribution in [1.82, 2.24) is 13.6 Å². The molecular weight excluding hydrogens is 514 g/mol. The predicted molar refractivity (Wildman–Crippen MR) is 102 cm³/mol. The molecule has 0 spiro atoms. The summed E-state index contributed by atoms with van der Waals surface area (Å²) in [6.45, 7) is 9.41. The molecule has 0 amide bonds. The van der Waals surface area contributed by atoms with Gasteiger partial charge in [0, 0.05) is 30.7 Å². The molecular formula is C20H25N3OSW. The normalized spacial score (nSPS) is 21.6. The molecule has 2 bridgehead atoms. The second-order valence-corrected chi connectivity index (χ2v) is 6.10. The van der Waals surface area contributed by atoms with Gasteiger partial charge in [-0.1, -0.05) is 49.7 Å². The zero-order chi connectivity index (χ0) is 17.9. The van der Waals surface area contributed by atoms with Gasteiger partial charge in [0.25, 0.3) is 0 Å². The van der Waals surface area contributed by atoms with Crippen molar-refractivity contribution in [3.8, 4) is 17.7 Å². The molecule has 3 atom stereocenters. The Bertz CT molecular complexity index is 655. The Kier molecular flexibility index (Phi) is 11.3. The maximum Gasteiger partial charge on any atom is 2.00 e. The van der Waals surface area contributed by atoms with E-state index in [0.717, 1.165) is 23.8 Å². The second kappa shape index (κ2) is 12.9. The summed E-state index contributed by atoms with van der Waals surface area (Å²) in [5, 5.41) is 0. The van der Waals surface area contributed by atoms with E-state index in [-0.39, 0.29) is 21.1 Å². The Labute approximate surface area is 175 Å². The minimum absolute atomic E-state index is 0. The summed E-state index contributed by atoms with van der Waals surface area (Å²) < 4.78 is 13.5. The summed E-state index contributed by atoms with van der Waals surface area (Å²) >= 11 is 1.15. The fourth-order valence-corrected chi connectivity index (χ4v) is 3.19. The molecule has 138 valence electrons. The number of fused-ring (bicyclic) bond motifs is 2. The first-order valence-electron chi connectivity index (χ1n) is 8.79. The van der Waals surface area contributed by atoms with Crippen LogP contribution in [0.3, 0.4) is 0 Å². The summed E-state index contributed by atoms with van der Waals surface area (Å²) in [6, 6.07) is 9.95. The molecule has 3 heterocycles. The molecule has 4 nitrogen and oxygen atoms in total. The van der Waals surface area contributed by atoms with E-state index in [2.05, 4.69) is 31.7 Å². The standard InChI is InChI=1S/C10H9.C8H10N3OS.C2H6.W/c1-2-3-7-10-8-5-4-6-9-10;1-2-11-4-6(1)7(5-11)12-8-3-9-13-10-8;1-2;/h2,4-6,8-9H,1H3;6-7H,1-2,4-5H2;1-2H3;/q2*-1;;+2. The first-order valence-corrected chi connectivity index (χ1v) is 9.52. The average Bonchev–Trinajstić information content (AvgIpc) is 3.42. The fraction of sp³-hybridized carbons (Fsp3) is 0.450. The van der Waals surface area contributed by atoms with E-state index in [0.29, 0.717) is 17.9 Å². The minimum atomic E-state index is 0. The molecule has 2 aliphatic heterocycles. The Morgan fingerprint density at radius 3 is 2.58 bits per heavy atom. The van der Waals surface area contributed by atoms with Crippen LogP contribution in [0.15, 0.2) is 30.3 Å². The number of benzene rings is 1. The van der Waals surface area contributed by atoms with Crippen LogP contribution in [0.2, 0.25) is 0 Å². The molecule has 0 aliphatic carbocycles. The van der Waals surface area contributed by atoms with Crippen molar-refractivity contribution >= 4 is 11.7 Å². The van der Waals surface area contributed by atoms with Gasteiger partial charge in [0.05, 0.1) is 5.88 Å². The van der Waals surface area contributed by atoms with E-state index in [1.807, 2.05) is 57.5 Å². The van der Waals surface area contributed by atoms with Gasteiger partial charge >= 0.3 is 21.1 Å². The van der Waals surface area contributed by atoms with Crippen molar-refractivity contribution in [2.45, 2.75) is 33.3 Å². The third-order valence-electron chi connectivity index (χ3n) is 3.98. The van der Waals surface area contributed by atoms with Gasteiger partial charge in [0.1, 0.15) is 6.10 Å². The van der Waals surface area contributed by atoms with Gasteiger partial charge < -0.3 is 9.11 Å². The molecule has 0 N–H and O–H groups in total. The van der Waals surface area contributed by atoms with Gasteiger partial charge in [0.2, 0.25) is 0 Å². The van der Waals surface area contributed by atoms with Crippen molar-refractivity contribution in [2.24, 2.45) is 5.92 Å². The summed E-state index contributed by atoms with van der Waals surface area (Å²) in [5.74, 6) is 7.15. The summed E-state index contributed by atoms with van der Waals surface area (Å²) in [4.78, 5) is 2.44. The van der Waals surface area contributed by atoms with Crippen LogP contribution in [0.25, 0.3) is 0 Å². The zero-order valence-electron chi connectivity index (χ0n) is 15.5. The van der Waals surface area contributed by atoms with Crippen LogP contribution in [0.5, 0.6) is 5.88 Å². The van der Waals surface area contributed by atoms with Crippen LogP contribution >= 0.6 is 11.7 Å². The number of hydrogen-bond donors (Lipinski definition) is 0. The molecule has 1 aromatic carbocycles. The zero-order valence-corrected chi connectivity index (χ0v) is 19.3. The van der Waals surface area contributed by atoms with E-state index in [1.165, 1.54) is 19.5 Å². The van der Waals surface area contributed by atoms with Crippen LogP contribution in [-0.4, -0.2) is 39.4 Å². The predicted octanol–water partition coefficient (Wildman–Crippen LogP) is 3.71. The van der Waals surface area contributed by atoms with Gasteiger partial charge in [0.15, 0.2) is 0 Å². The van der Waals surface area contributed by atoms with Crippen molar-refractivity contribution in [3.05, 3.63) is 48.5 Å². The van der Waals surface area contributed by atoms with Gasteiger partial charge in [-0.05, 0) is 13.0 Å². The van der Waals surface area contributed by atoms with Crippen LogP contribution < -0.4 is 4.74 Å². The number of aromatic nitrogens is 2. The van der Waals surface area contributed by atoms with E-state index in [9.17, 15) is 0 Å². The van der Waals surface area contributed by atoms with E-state index in [1.54, 1.807) is 0 Å². The Morgan fingerprint density at radius 2 is 2.04 bits per heavy atom. The largest absolute Gasteiger partial charge is 2.00 e. The quantitative estimate of drug-likeness (QED) is 0.431. The van der Waals surface area contributed by atoms with Crippen molar-refractivity contribution in [3.63, 3.8) is 0 Å². The van der Waals surface area contributed by atoms with E-state index in [4.69, 9.17) is 4.74 Å². The van der Waals surface area contributed by atoms with Crippen molar-refractivity contribution in [1.29, 1.82) is 0 Å². The van der Waals surface area contributed by atoms with E-state index < -0.39 is 0 Å². The number of ether oxygens (including phenoxy) is 1. The van der Waals surface area contributed by atoms with Crippen LogP contribution in [0.1, 0.15) is 32.8 Å². The number of hydrogen-bond acceptors (Lipinski definition) is 5. The molecule has 26 heavy (non-hydrogen) atoms. The fourth-order valence-electron chi connectivity index (χ4n) is 2.87. The second-order valence-electron chi connectivity index (χ2n) is 5.57. The SMILES string of the molecule is CC.C[CH-]C#Cc1ccccc1.[W+2].[c-]1nsnc1OC1CN2CCC1C2. The molecule has 2 saturated heterocycles. The van der Waals surface area contributed by atoms with Gasteiger partial charge in [-0.15, -0.1) is 6.92 Å². The molecule has 4 rings (SSSR count). The first-order chi connectivity index (χ1) is 12.3. The van der Waals surface area contributed by atoms with Crippen LogP contribution in [0, 0.1) is 30.4 Å². The van der Waals surface area contributed by atoms with Crippen molar-refractivity contribution < 1.29 is 25.8 Å². The first kappa shape index (κ1) is 22.7. The monoisotopic (exact) mass is 539 g/mol. The summed E-state index contributed by atoms with van der Waals surface area (Å²) in [7, 11) is 0. The minimum Gasteiger partial charge on any atom is -0.504 e. The molecule has 2 aliphatic rings. The van der Waals surface area contributed by atoms with Gasteiger partial charge in [-0.3, -0.25) is 22.9 Å². The van der Waals surface area contributed by atoms with Crippen molar-refractivity contribution in [2.75, 3.05) is 19.6 Å².